The van der Waals surface area contributed by atoms with Gasteiger partial charge in [-0.05, 0) is 60.7 Å². The molecule has 120 valence electrons. The van der Waals surface area contributed by atoms with Crippen molar-refractivity contribution in [2.24, 2.45) is 0 Å². The molecule has 1 aliphatic heterocycles. The Kier molecular flexibility index (Phi) is 5.34. The number of nitrogens with one attached hydrogen (secondary N) is 1. The van der Waals surface area contributed by atoms with E-state index in [1.54, 1.807) is 0 Å². The number of rotatable bonds is 0. The lowest BCUT2D eigenvalue weighted by molar-refractivity contribution is 0.0952. The molecule has 0 aromatic heterocycles. The molecule has 0 saturated heterocycles. The molecule has 1 amide bonds. The second-order valence-electron chi connectivity index (χ2n) is 5.79. The number of hydrogen-bond donors (Lipinski definition) is 1. The topological polar surface area (TPSA) is 38.3 Å². The SMILES string of the molecule is O=C1NCCCCCOc2ccc(Br)cc2Cc2cccc1c2. The second-order valence-corrected chi connectivity index (χ2v) is 6.71. The van der Waals surface area contributed by atoms with Crippen molar-refractivity contribution >= 4 is 21.8 Å². The lowest BCUT2D eigenvalue weighted by atomic mass is 10.0. The number of amides is 1. The number of hydrogen-bond acceptors (Lipinski definition) is 2. The quantitative estimate of drug-likeness (QED) is 0.745. The Hall–Kier alpha value is -1.81. The molecule has 1 heterocycles. The fraction of sp³-hybridized carbons (Fsp3) is 0.316. The predicted octanol–water partition coefficient (Wildman–Crippen LogP) is 4.33. The van der Waals surface area contributed by atoms with E-state index in [1.165, 1.54) is 0 Å². The van der Waals surface area contributed by atoms with Gasteiger partial charge in [-0.1, -0.05) is 28.1 Å². The minimum Gasteiger partial charge on any atom is -0.493 e. The van der Waals surface area contributed by atoms with Crippen LogP contribution in [0.5, 0.6) is 5.75 Å². The Morgan fingerprint density at radius 3 is 2.87 bits per heavy atom. The van der Waals surface area contributed by atoms with Gasteiger partial charge in [-0.25, -0.2) is 0 Å². The van der Waals surface area contributed by atoms with Gasteiger partial charge in [-0.2, -0.15) is 0 Å². The zero-order chi connectivity index (χ0) is 16.1. The summed E-state index contributed by atoms with van der Waals surface area (Å²) in [5.41, 5.74) is 2.96. The zero-order valence-electron chi connectivity index (χ0n) is 13.0. The van der Waals surface area contributed by atoms with E-state index in [4.69, 9.17) is 4.74 Å². The molecule has 3 nitrogen and oxygen atoms in total. The Balaban J connectivity index is 1.93. The largest absolute Gasteiger partial charge is 0.493 e. The van der Waals surface area contributed by atoms with Crippen LogP contribution in [0.1, 0.15) is 40.7 Å². The lowest BCUT2D eigenvalue weighted by Gasteiger charge is -2.14. The average Bonchev–Trinajstić information content (AvgIpc) is 2.55. The molecule has 1 N–H and O–H groups in total. The average molecular weight is 374 g/mol. The summed E-state index contributed by atoms with van der Waals surface area (Å²) in [7, 11) is 0. The van der Waals surface area contributed by atoms with Gasteiger partial charge in [0.15, 0.2) is 0 Å². The molecule has 23 heavy (non-hydrogen) atoms. The Morgan fingerprint density at radius 1 is 1.04 bits per heavy atom. The van der Waals surface area contributed by atoms with E-state index in [0.29, 0.717) is 13.2 Å². The molecule has 0 spiro atoms. The van der Waals surface area contributed by atoms with Gasteiger partial charge >= 0.3 is 0 Å². The van der Waals surface area contributed by atoms with Crippen molar-refractivity contribution in [3.8, 4) is 5.75 Å². The molecular formula is C19H20BrNO2. The standard InChI is InChI=1S/C19H20BrNO2/c20-17-7-8-18-16(13-17)12-14-5-4-6-15(11-14)19(22)21-9-2-1-3-10-23-18/h4-8,11,13H,1-3,9-10,12H2,(H,21,22). The maximum Gasteiger partial charge on any atom is 0.251 e. The van der Waals surface area contributed by atoms with Crippen LogP contribution in [0.3, 0.4) is 0 Å². The van der Waals surface area contributed by atoms with Crippen LogP contribution in [0.25, 0.3) is 0 Å². The van der Waals surface area contributed by atoms with Gasteiger partial charge in [0.2, 0.25) is 0 Å². The first-order valence-corrected chi connectivity index (χ1v) is 8.80. The van der Waals surface area contributed by atoms with E-state index < -0.39 is 0 Å². The number of halogens is 1. The van der Waals surface area contributed by atoms with Crippen molar-refractivity contribution in [3.63, 3.8) is 0 Å². The summed E-state index contributed by atoms with van der Waals surface area (Å²) in [5.74, 6) is 0.940. The van der Waals surface area contributed by atoms with Crippen LogP contribution < -0.4 is 10.1 Å². The summed E-state index contributed by atoms with van der Waals surface area (Å²) in [4.78, 5) is 12.2. The maximum absolute atomic E-state index is 12.2. The first-order valence-electron chi connectivity index (χ1n) is 8.01. The Morgan fingerprint density at radius 2 is 1.96 bits per heavy atom. The van der Waals surface area contributed by atoms with Crippen molar-refractivity contribution in [1.82, 2.24) is 5.32 Å². The van der Waals surface area contributed by atoms with Crippen LogP contribution in [-0.4, -0.2) is 19.1 Å². The van der Waals surface area contributed by atoms with Gasteiger partial charge in [0.1, 0.15) is 5.75 Å². The molecule has 0 fully saturated rings. The molecule has 2 aromatic rings. The first kappa shape index (κ1) is 16.1. The fourth-order valence-electron chi connectivity index (χ4n) is 2.76. The highest BCUT2D eigenvalue weighted by molar-refractivity contribution is 9.10. The first-order chi connectivity index (χ1) is 11.2. The van der Waals surface area contributed by atoms with E-state index in [0.717, 1.165) is 52.6 Å². The van der Waals surface area contributed by atoms with Gasteiger partial charge < -0.3 is 10.1 Å². The molecule has 1 aliphatic rings. The van der Waals surface area contributed by atoms with Crippen LogP contribution in [-0.2, 0) is 6.42 Å². The van der Waals surface area contributed by atoms with E-state index >= 15 is 0 Å². The molecule has 0 saturated carbocycles. The maximum atomic E-state index is 12.2. The summed E-state index contributed by atoms with van der Waals surface area (Å²) in [5, 5.41) is 2.99. The number of carbonyl (C=O) groups excluding carboxylic acids is 1. The van der Waals surface area contributed by atoms with Gasteiger partial charge in [0, 0.05) is 23.0 Å². The summed E-state index contributed by atoms with van der Waals surface area (Å²) in [6.45, 7) is 1.43. The van der Waals surface area contributed by atoms with Gasteiger partial charge in [-0.15, -0.1) is 0 Å². The van der Waals surface area contributed by atoms with Crippen LogP contribution >= 0.6 is 15.9 Å². The Bertz CT molecular complexity index is 700. The number of fused-ring (bicyclic) bond motifs is 3. The third-order valence-corrected chi connectivity index (χ3v) is 4.46. The van der Waals surface area contributed by atoms with Crippen molar-refractivity contribution in [2.45, 2.75) is 25.7 Å². The van der Waals surface area contributed by atoms with Crippen LogP contribution in [0.2, 0.25) is 0 Å². The highest BCUT2D eigenvalue weighted by Crippen LogP contribution is 2.26. The van der Waals surface area contributed by atoms with Gasteiger partial charge in [0.05, 0.1) is 6.61 Å². The summed E-state index contributed by atoms with van der Waals surface area (Å²) >= 11 is 3.53. The summed E-state index contributed by atoms with van der Waals surface area (Å²) in [6.07, 6.45) is 3.76. The molecule has 2 bridgehead atoms. The minimum absolute atomic E-state index is 0.00891. The zero-order valence-corrected chi connectivity index (χ0v) is 14.6. The molecule has 0 atom stereocenters. The summed E-state index contributed by atoms with van der Waals surface area (Å²) in [6, 6.07) is 13.9. The van der Waals surface area contributed by atoms with E-state index in [-0.39, 0.29) is 5.91 Å². The molecule has 0 unspecified atom stereocenters. The van der Waals surface area contributed by atoms with E-state index in [9.17, 15) is 4.79 Å². The van der Waals surface area contributed by atoms with Crippen LogP contribution in [0.15, 0.2) is 46.9 Å². The number of carbonyl (C=O) groups is 1. The molecule has 3 rings (SSSR count). The van der Waals surface area contributed by atoms with E-state index in [1.807, 2.05) is 36.4 Å². The molecule has 2 aromatic carbocycles. The van der Waals surface area contributed by atoms with Crippen LogP contribution in [0.4, 0.5) is 0 Å². The number of ether oxygens (including phenoxy) is 1. The van der Waals surface area contributed by atoms with Crippen molar-refractivity contribution in [2.75, 3.05) is 13.2 Å². The molecule has 0 aliphatic carbocycles. The predicted molar refractivity (Wildman–Crippen MR) is 95.1 cm³/mol. The highest BCUT2D eigenvalue weighted by atomic mass is 79.9. The monoisotopic (exact) mass is 373 g/mol. The normalized spacial score (nSPS) is 15.8. The van der Waals surface area contributed by atoms with Gasteiger partial charge in [-0.3, -0.25) is 4.79 Å². The van der Waals surface area contributed by atoms with Crippen molar-refractivity contribution < 1.29 is 9.53 Å². The fourth-order valence-corrected chi connectivity index (χ4v) is 3.17. The van der Waals surface area contributed by atoms with Crippen LogP contribution in [0, 0.1) is 0 Å². The van der Waals surface area contributed by atoms with Gasteiger partial charge in [0.25, 0.3) is 5.91 Å². The Labute approximate surface area is 145 Å². The number of benzene rings is 2. The minimum atomic E-state index is 0.00891. The molecule has 0 radical (unpaired) electrons. The highest BCUT2D eigenvalue weighted by Gasteiger charge is 2.10. The van der Waals surface area contributed by atoms with Crippen molar-refractivity contribution in [3.05, 3.63) is 63.6 Å². The summed E-state index contributed by atoms with van der Waals surface area (Å²) < 4.78 is 7.01. The third kappa shape index (κ3) is 4.35. The second kappa shape index (κ2) is 7.64. The molecular weight excluding hydrogens is 354 g/mol. The lowest BCUT2D eigenvalue weighted by Crippen LogP contribution is -2.24. The van der Waals surface area contributed by atoms with Crippen molar-refractivity contribution in [1.29, 1.82) is 0 Å². The third-order valence-electron chi connectivity index (χ3n) is 3.97. The smallest absolute Gasteiger partial charge is 0.251 e. The molecule has 4 heteroatoms. The van der Waals surface area contributed by atoms with E-state index in [2.05, 4.69) is 27.3 Å².